The van der Waals surface area contributed by atoms with Crippen LogP contribution < -0.4 is 5.32 Å². The van der Waals surface area contributed by atoms with Gasteiger partial charge in [0.1, 0.15) is 0 Å². The van der Waals surface area contributed by atoms with Crippen LogP contribution in [0.5, 0.6) is 0 Å². The third-order valence-electron chi connectivity index (χ3n) is 1.88. The third kappa shape index (κ3) is 10.2. The molecule has 0 fully saturated rings. The molecule has 0 unspecified atom stereocenters. The summed E-state index contributed by atoms with van der Waals surface area (Å²) in [6, 6.07) is 0. The van der Waals surface area contributed by atoms with Crippen LogP contribution >= 0.6 is 23.4 Å². The molecule has 0 rings (SSSR count). The van der Waals surface area contributed by atoms with Gasteiger partial charge in [-0.2, -0.15) is 11.8 Å². The second kappa shape index (κ2) is 11.2. The Hall–Kier alpha value is 0.110. The minimum atomic E-state index is 0.166. The molecule has 0 aromatic heterocycles. The first-order chi connectivity index (χ1) is 6.81. The van der Waals surface area contributed by atoms with Crippen molar-refractivity contribution >= 4 is 29.3 Å². The Morgan fingerprint density at radius 2 is 2.07 bits per heavy atom. The molecule has 0 aliphatic rings. The highest BCUT2D eigenvalue weighted by atomic mass is 35.5. The van der Waals surface area contributed by atoms with Gasteiger partial charge in [0.25, 0.3) is 0 Å². The smallest absolute Gasteiger partial charge is 0.219 e. The van der Waals surface area contributed by atoms with Crippen molar-refractivity contribution in [3.8, 4) is 0 Å². The molecular weight excluding hydrogens is 218 g/mol. The second-order valence-corrected chi connectivity index (χ2v) is 4.56. The standard InChI is InChI=1S/C10H20ClNOS/c1-14-9-5-4-8-12-10(13)6-2-3-7-11/h2-9H2,1H3,(H,12,13). The summed E-state index contributed by atoms with van der Waals surface area (Å²) in [6.07, 6.45) is 6.83. The van der Waals surface area contributed by atoms with Crippen molar-refractivity contribution in [3.05, 3.63) is 0 Å². The van der Waals surface area contributed by atoms with Crippen molar-refractivity contribution < 1.29 is 4.79 Å². The van der Waals surface area contributed by atoms with Crippen molar-refractivity contribution in [2.75, 3.05) is 24.4 Å². The van der Waals surface area contributed by atoms with Crippen molar-refractivity contribution in [2.24, 2.45) is 0 Å². The van der Waals surface area contributed by atoms with Crippen LogP contribution in [-0.4, -0.2) is 30.3 Å². The number of halogens is 1. The lowest BCUT2D eigenvalue weighted by Crippen LogP contribution is -2.24. The van der Waals surface area contributed by atoms with Crippen LogP contribution in [0.2, 0.25) is 0 Å². The second-order valence-electron chi connectivity index (χ2n) is 3.20. The lowest BCUT2D eigenvalue weighted by molar-refractivity contribution is -0.121. The Bertz CT molecular complexity index is 144. The highest BCUT2D eigenvalue weighted by Gasteiger charge is 1.99. The molecule has 0 saturated heterocycles. The third-order valence-corrected chi connectivity index (χ3v) is 2.85. The molecule has 0 aromatic carbocycles. The fourth-order valence-electron chi connectivity index (χ4n) is 1.07. The maximum Gasteiger partial charge on any atom is 0.219 e. The summed E-state index contributed by atoms with van der Waals surface area (Å²) in [5, 5.41) is 2.91. The van der Waals surface area contributed by atoms with Crippen LogP contribution in [0.25, 0.3) is 0 Å². The molecule has 84 valence electrons. The highest BCUT2D eigenvalue weighted by molar-refractivity contribution is 7.98. The van der Waals surface area contributed by atoms with Gasteiger partial charge in [-0.15, -0.1) is 11.6 Å². The molecule has 14 heavy (non-hydrogen) atoms. The predicted octanol–water partition coefficient (Wildman–Crippen LogP) is 2.65. The zero-order chi connectivity index (χ0) is 10.6. The van der Waals surface area contributed by atoms with Gasteiger partial charge in [0, 0.05) is 18.8 Å². The van der Waals surface area contributed by atoms with Gasteiger partial charge >= 0.3 is 0 Å². The van der Waals surface area contributed by atoms with Gasteiger partial charge in [-0.3, -0.25) is 4.79 Å². The Kier molecular flexibility index (Phi) is 11.3. The normalized spacial score (nSPS) is 10.1. The minimum absolute atomic E-state index is 0.166. The van der Waals surface area contributed by atoms with Gasteiger partial charge < -0.3 is 5.32 Å². The average molecular weight is 238 g/mol. The molecule has 1 amide bonds. The molecule has 0 aliphatic carbocycles. The fraction of sp³-hybridized carbons (Fsp3) is 0.900. The number of nitrogens with one attached hydrogen (secondary N) is 1. The summed E-state index contributed by atoms with van der Waals surface area (Å²) in [7, 11) is 0. The largest absolute Gasteiger partial charge is 0.356 e. The maximum atomic E-state index is 11.2. The molecule has 2 nitrogen and oxygen atoms in total. The number of rotatable bonds is 9. The first-order valence-corrected chi connectivity index (χ1v) is 7.05. The van der Waals surface area contributed by atoms with Gasteiger partial charge in [0.2, 0.25) is 5.91 Å². The topological polar surface area (TPSA) is 29.1 Å². The SMILES string of the molecule is CSCCCCNC(=O)CCCCCl. The lowest BCUT2D eigenvalue weighted by atomic mass is 10.2. The predicted molar refractivity (Wildman–Crippen MR) is 65.2 cm³/mol. The number of alkyl halides is 1. The zero-order valence-corrected chi connectivity index (χ0v) is 10.4. The van der Waals surface area contributed by atoms with Crippen LogP contribution in [0, 0.1) is 0 Å². The number of thioether (sulfide) groups is 1. The molecule has 0 radical (unpaired) electrons. The van der Waals surface area contributed by atoms with Gasteiger partial charge in [-0.05, 0) is 37.7 Å². The average Bonchev–Trinajstić information content (AvgIpc) is 2.18. The van der Waals surface area contributed by atoms with Crippen LogP contribution in [0.1, 0.15) is 32.1 Å². The van der Waals surface area contributed by atoms with Gasteiger partial charge in [0.05, 0.1) is 0 Å². The summed E-state index contributed by atoms with van der Waals surface area (Å²) in [5.41, 5.74) is 0. The van der Waals surface area contributed by atoms with E-state index in [0.717, 1.165) is 25.8 Å². The lowest BCUT2D eigenvalue weighted by Gasteiger charge is -2.03. The van der Waals surface area contributed by atoms with E-state index < -0.39 is 0 Å². The maximum absolute atomic E-state index is 11.2. The minimum Gasteiger partial charge on any atom is -0.356 e. The molecule has 0 spiro atoms. The number of amides is 1. The fourth-order valence-corrected chi connectivity index (χ4v) is 1.75. The van der Waals surface area contributed by atoms with E-state index in [0.29, 0.717) is 12.3 Å². The van der Waals surface area contributed by atoms with E-state index in [2.05, 4.69) is 11.6 Å². The van der Waals surface area contributed by atoms with Crippen molar-refractivity contribution in [2.45, 2.75) is 32.1 Å². The molecule has 4 heteroatoms. The first-order valence-electron chi connectivity index (χ1n) is 5.13. The van der Waals surface area contributed by atoms with Crippen molar-refractivity contribution in [1.29, 1.82) is 0 Å². The van der Waals surface area contributed by atoms with Crippen LogP contribution in [-0.2, 0) is 4.79 Å². The van der Waals surface area contributed by atoms with Crippen LogP contribution in [0.3, 0.4) is 0 Å². The number of hydrogen-bond donors (Lipinski definition) is 1. The molecule has 0 heterocycles. The van der Waals surface area contributed by atoms with E-state index in [1.807, 2.05) is 11.8 Å². The van der Waals surface area contributed by atoms with Crippen molar-refractivity contribution in [3.63, 3.8) is 0 Å². The summed E-state index contributed by atoms with van der Waals surface area (Å²) < 4.78 is 0. The molecule has 0 aromatic rings. The highest BCUT2D eigenvalue weighted by Crippen LogP contribution is 1.99. The number of hydrogen-bond acceptors (Lipinski definition) is 2. The summed E-state index contributed by atoms with van der Waals surface area (Å²) >= 11 is 7.36. The van der Waals surface area contributed by atoms with Gasteiger partial charge in [-0.25, -0.2) is 0 Å². The molecular formula is C10H20ClNOS. The van der Waals surface area contributed by atoms with E-state index >= 15 is 0 Å². The monoisotopic (exact) mass is 237 g/mol. The quantitative estimate of drug-likeness (QED) is 0.494. The molecule has 1 N–H and O–H groups in total. The summed E-state index contributed by atoms with van der Waals surface area (Å²) in [6.45, 7) is 0.820. The summed E-state index contributed by atoms with van der Waals surface area (Å²) in [5.74, 6) is 2.00. The molecule has 0 atom stereocenters. The number of carbonyl (C=O) groups excluding carboxylic acids is 1. The van der Waals surface area contributed by atoms with Crippen molar-refractivity contribution in [1.82, 2.24) is 5.32 Å². The molecule has 0 bridgehead atoms. The number of unbranched alkanes of at least 4 members (excludes halogenated alkanes) is 2. The number of carbonyl (C=O) groups is 1. The van der Waals surface area contributed by atoms with E-state index in [-0.39, 0.29) is 5.91 Å². The van der Waals surface area contributed by atoms with E-state index in [1.54, 1.807) is 0 Å². The van der Waals surface area contributed by atoms with Crippen LogP contribution in [0.15, 0.2) is 0 Å². The molecule has 0 saturated carbocycles. The Morgan fingerprint density at radius 3 is 2.71 bits per heavy atom. The van der Waals surface area contributed by atoms with E-state index in [1.165, 1.54) is 12.2 Å². The Labute approximate surface area is 96.2 Å². The Balaban J connectivity index is 3.10. The Morgan fingerprint density at radius 1 is 1.29 bits per heavy atom. The van der Waals surface area contributed by atoms with E-state index in [9.17, 15) is 4.79 Å². The van der Waals surface area contributed by atoms with Gasteiger partial charge in [-0.1, -0.05) is 0 Å². The zero-order valence-electron chi connectivity index (χ0n) is 8.85. The van der Waals surface area contributed by atoms with E-state index in [4.69, 9.17) is 11.6 Å². The molecule has 0 aliphatic heterocycles. The van der Waals surface area contributed by atoms with Gasteiger partial charge in [0.15, 0.2) is 0 Å². The summed E-state index contributed by atoms with van der Waals surface area (Å²) in [4.78, 5) is 11.2. The van der Waals surface area contributed by atoms with Crippen LogP contribution in [0.4, 0.5) is 0 Å². The first kappa shape index (κ1) is 14.1.